The molecule has 1 heterocycles. The van der Waals surface area contributed by atoms with Gasteiger partial charge >= 0.3 is 12.4 Å². The molecular weight excluding hydrogens is 328 g/mol. The van der Waals surface area contributed by atoms with Gasteiger partial charge in [0.2, 0.25) is 0 Å². The third kappa shape index (κ3) is 3.07. The van der Waals surface area contributed by atoms with Crippen LogP contribution in [0.2, 0.25) is 0 Å². The Morgan fingerprint density at radius 3 is 1.83 bits per heavy atom. The summed E-state index contributed by atoms with van der Waals surface area (Å²) in [6.07, 6.45) is -9.55. The summed E-state index contributed by atoms with van der Waals surface area (Å²) in [5.41, 5.74) is 11.5. The SMILES string of the molecule is Nc1nnc(-c2ccc(C(F)(F)F)c(N)c2N)cc1C(F)(F)F. The smallest absolute Gasteiger partial charge is 0.397 e. The fraction of sp³-hybridized carbons (Fsp3) is 0.167. The Morgan fingerprint density at radius 1 is 0.739 bits per heavy atom. The number of halogens is 6. The Balaban J connectivity index is 2.63. The van der Waals surface area contributed by atoms with Crippen LogP contribution in [0.25, 0.3) is 11.3 Å². The van der Waals surface area contributed by atoms with Crippen LogP contribution in [-0.4, -0.2) is 10.2 Å². The first-order valence-electron chi connectivity index (χ1n) is 5.89. The van der Waals surface area contributed by atoms with Crippen molar-refractivity contribution in [3.8, 4) is 11.3 Å². The second-order valence-corrected chi connectivity index (χ2v) is 4.51. The second kappa shape index (κ2) is 5.18. The number of rotatable bonds is 1. The van der Waals surface area contributed by atoms with E-state index in [4.69, 9.17) is 17.2 Å². The molecular formula is C12H9F6N5. The highest BCUT2D eigenvalue weighted by molar-refractivity contribution is 5.85. The van der Waals surface area contributed by atoms with E-state index in [1.165, 1.54) is 0 Å². The Morgan fingerprint density at radius 2 is 1.30 bits per heavy atom. The normalized spacial score (nSPS) is 12.4. The summed E-state index contributed by atoms with van der Waals surface area (Å²) < 4.78 is 76.5. The first kappa shape index (κ1) is 16.6. The van der Waals surface area contributed by atoms with E-state index in [0.717, 1.165) is 6.07 Å². The van der Waals surface area contributed by atoms with Crippen LogP contribution < -0.4 is 17.2 Å². The van der Waals surface area contributed by atoms with Gasteiger partial charge in [0.05, 0.1) is 22.6 Å². The number of nitrogens with two attached hydrogens (primary N) is 3. The zero-order chi connectivity index (χ0) is 17.6. The number of hydrogen-bond donors (Lipinski definition) is 3. The van der Waals surface area contributed by atoms with Crippen molar-refractivity contribution in [2.45, 2.75) is 12.4 Å². The van der Waals surface area contributed by atoms with Crippen molar-refractivity contribution in [1.29, 1.82) is 0 Å². The third-order valence-corrected chi connectivity index (χ3v) is 3.00. The minimum absolute atomic E-state index is 0.214. The molecule has 2 rings (SSSR count). The van der Waals surface area contributed by atoms with Gasteiger partial charge in [0.1, 0.15) is 5.56 Å². The van der Waals surface area contributed by atoms with E-state index in [1.807, 2.05) is 0 Å². The minimum atomic E-state index is -4.80. The molecule has 1 aromatic carbocycles. The van der Waals surface area contributed by atoms with Crippen LogP contribution >= 0.6 is 0 Å². The molecule has 0 aliphatic rings. The summed E-state index contributed by atoms with van der Waals surface area (Å²) in [4.78, 5) is 0. The fourth-order valence-corrected chi connectivity index (χ4v) is 1.87. The summed E-state index contributed by atoms with van der Waals surface area (Å²) in [6, 6.07) is 2.02. The molecule has 0 atom stereocenters. The van der Waals surface area contributed by atoms with Crippen molar-refractivity contribution >= 4 is 17.2 Å². The van der Waals surface area contributed by atoms with Gasteiger partial charge in [-0.1, -0.05) is 0 Å². The number of nitrogen functional groups attached to an aromatic ring is 3. The number of nitrogens with zero attached hydrogens (tertiary/aromatic N) is 2. The summed E-state index contributed by atoms with van der Waals surface area (Å²) >= 11 is 0. The van der Waals surface area contributed by atoms with Crippen molar-refractivity contribution in [2.24, 2.45) is 0 Å². The van der Waals surface area contributed by atoms with E-state index in [-0.39, 0.29) is 5.56 Å². The number of aromatic nitrogens is 2. The molecule has 0 aliphatic carbocycles. The third-order valence-electron chi connectivity index (χ3n) is 3.00. The van der Waals surface area contributed by atoms with Crippen LogP contribution in [0, 0.1) is 0 Å². The lowest BCUT2D eigenvalue weighted by molar-refractivity contribution is -0.137. The van der Waals surface area contributed by atoms with Gasteiger partial charge in [0, 0.05) is 5.56 Å². The summed E-state index contributed by atoms with van der Waals surface area (Å²) in [5, 5.41) is 6.58. The van der Waals surface area contributed by atoms with Crippen LogP contribution in [0.15, 0.2) is 18.2 Å². The van der Waals surface area contributed by atoms with Crippen LogP contribution in [0.5, 0.6) is 0 Å². The Hall–Kier alpha value is -2.72. The molecule has 0 radical (unpaired) electrons. The Kier molecular flexibility index (Phi) is 3.75. The molecule has 5 nitrogen and oxygen atoms in total. The highest BCUT2D eigenvalue weighted by atomic mass is 19.4. The lowest BCUT2D eigenvalue weighted by Crippen LogP contribution is -2.13. The molecule has 0 bridgehead atoms. The van der Waals surface area contributed by atoms with Gasteiger partial charge in [0.25, 0.3) is 0 Å². The highest BCUT2D eigenvalue weighted by Crippen LogP contribution is 2.41. The number of anilines is 3. The van der Waals surface area contributed by atoms with E-state index >= 15 is 0 Å². The predicted octanol–water partition coefficient (Wildman–Crippen LogP) is 2.93. The van der Waals surface area contributed by atoms with Gasteiger partial charge < -0.3 is 17.2 Å². The molecule has 11 heteroatoms. The molecule has 1 aromatic heterocycles. The molecule has 23 heavy (non-hydrogen) atoms. The maximum absolute atomic E-state index is 12.8. The number of hydrogen-bond acceptors (Lipinski definition) is 5. The molecule has 2 aromatic rings. The zero-order valence-corrected chi connectivity index (χ0v) is 11.1. The van der Waals surface area contributed by atoms with Gasteiger partial charge in [-0.05, 0) is 18.2 Å². The van der Waals surface area contributed by atoms with Gasteiger partial charge in [0.15, 0.2) is 5.82 Å². The van der Waals surface area contributed by atoms with Crippen molar-refractivity contribution in [2.75, 3.05) is 17.2 Å². The monoisotopic (exact) mass is 337 g/mol. The van der Waals surface area contributed by atoms with Crippen LogP contribution in [0.4, 0.5) is 43.5 Å². The lowest BCUT2D eigenvalue weighted by Gasteiger charge is -2.15. The van der Waals surface area contributed by atoms with Crippen molar-refractivity contribution in [3.05, 3.63) is 29.3 Å². The Bertz CT molecular complexity index is 753. The van der Waals surface area contributed by atoms with E-state index in [0.29, 0.717) is 12.1 Å². The van der Waals surface area contributed by atoms with Gasteiger partial charge in [-0.2, -0.15) is 26.3 Å². The number of benzene rings is 1. The average molecular weight is 337 g/mol. The molecule has 0 amide bonds. The van der Waals surface area contributed by atoms with Crippen molar-refractivity contribution in [1.82, 2.24) is 10.2 Å². The zero-order valence-electron chi connectivity index (χ0n) is 11.1. The molecule has 0 fully saturated rings. The molecule has 0 saturated carbocycles. The Labute approximate surface area is 125 Å². The first-order valence-corrected chi connectivity index (χ1v) is 5.89. The van der Waals surface area contributed by atoms with E-state index in [2.05, 4.69) is 10.2 Å². The molecule has 0 aliphatic heterocycles. The molecule has 0 spiro atoms. The quantitative estimate of drug-likeness (QED) is 0.548. The van der Waals surface area contributed by atoms with Crippen molar-refractivity contribution < 1.29 is 26.3 Å². The van der Waals surface area contributed by atoms with E-state index < -0.39 is 46.4 Å². The van der Waals surface area contributed by atoms with Crippen LogP contribution in [0.1, 0.15) is 11.1 Å². The minimum Gasteiger partial charge on any atom is -0.397 e. The van der Waals surface area contributed by atoms with Crippen LogP contribution in [-0.2, 0) is 12.4 Å². The maximum Gasteiger partial charge on any atom is 0.420 e. The average Bonchev–Trinajstić information content (AvgIpc) is 2.40. The number of alkyl halides is 6. The summed E-state index contributed by atoms with van der Waals surface area (Å²) in [5.74, 6) is -0.861. The molecule has 124 valence electrons. The summed E-state index contributed by atoms with van der Waals surface area (Å²) in [6.45, 7) is 0. The van der Waals surface area contributed by atoms with Gasteiger partial charge in [-0.3, -0.25) is 0 Å². The van der Waals surface area contributed by atoms with Crippen molar-refractivity contribution in [3.63, 3.8) is 0 Å². The van der Waals surface area contributed by atoms with E-state index in [9.17, 15) is 26.3 Å². The molecule has 0 saturated heterocycles. The fourth-order valence-electron chi connectivity index (χ4n) is 1.87. The van der Waals surface area contributed by atoms with Gasteiger partial charge in [-0.25, -0.2) is 0 Å². The van der Waals surface area contributed by atoms with Gasteiger partial charge in [-0.15, -0.1) is 10.2 Å². The summed E-state index contributed by atoms with van der Waals surface area (Å²) in [7, 11) is 0. The van der Waals surface area contributed by atoms with Crippen LogP contribution in [0.3, 0.4) is 0 Å². The molecule has 6 N–H and O–H groups in total. The second-order valence-electron chi connectivity index (χ2n) is 4.51. The first-order chi connectivity index (χ1) is 10.4. The lowest BCUT2D eigenvalue weighted by atomic mass is 10.0. The standard InChI is InChI=1S/C12H9F6N5/c13-11(14,15)5-2-1-4(8(19)9(5)20)7-3-6(12(16,17)18)10(21)23-22-7/h1-3H,19-20H2,(H2,21,23). The van der Waals surface area contributed by atoms with E-state index in [1.54, 1.807) is 0 Å². The predicted molar refractivity (Wildman–Crippen MR) is 70.7 cm³/mol. The maximum atomic E-state index is 12.8. The highest BCUT2D eigenvalue weighted by Gasteiger charge is 2.36. The topological polar surface area (TPSA) is 104 Å². The molecule has 0 unspecified atom stereocenters. The largest absolute Gasteiger partial charge is 0.420 e.